The van der Waals surface area contributed by atoms with Crippen LogP contribution in [0.15, 0.2) is 23.2 Å². The first-order valence-electron chi connectivity index (χ1n) is 12.1. The van der Waals surface area contributed by atoms with Gasteiger partial charge in [-0.1, -0.05) is 30.6 Å². The van der Waals surface area contributed by atoms with Gasteiger partial charge in [-0.3, -0.25) is 9.05 Å². The van der Waals surface area contributed by atoms with Crippen LogP contribution in [0.25, 0.3) is 0 Å². The highest BCUT2D eigenvalue weighted by Gasteiger charge is 2.55. The topological polar surface area (TPSA) is 286 Å². The van der Waals surface area contributed by atoms with E-state index in [1.807, 2.05) is 0 Å². The summed E-state index contributed by atoms with van der Waals surface area (Å²) in [6, 6.07) is -0.876. The van der Waals surface area contributed by atoms with E-state index >= 15 is 0 Å². The number of thiol groups is 1. The van der Waals surface area contributed by atoms with Crippen molar-refractivity contribution in [3.05, 3.63) is 24.0 Å². The van der Waals surface area contributed by atoms with Gasteiger partial charge in [0.1, 0.15) is 60.5 Å². The highest BCUT2D eigenvalue weighted by atomic mass is 32.7. The Hall–Kier alpha value is -0.740. The summed E-state index contributed by atoms with van der Waals surface area (Å²) in [5.74, 6) is 0.114. The normalized spacial score (nSPS) is 37.1. The van der Waals surface area contributed by atoms with Crippen LogP contribution >= 0.6 is 38.6 Å². The molecule has 0 aromatic carbocycles. The fourth-order valence-corrected chi connectivity index (χ4v) is 8.34. The number of phosphoric acid groups is 1. The van der Waals surface area contributed by atoms with Crippen LogP contribution in [0.3, 0.4) is 0 Å². The predicted molar refractivity (Wildman–Crippen MR) is 148 cm³/mol. The molecule has 240 valence electrons. The Balaban J connectivity index is 1.71. The summed E-state index contributed by atoms with van der Waals surface area (Å²) in [5, 5.41) is 64.7. The SMILES string of the molecule is C=CSc1c(N)ncnc1C1O[C@H](COP(=O)(S)OP(=O)(O)OC2OC([C@@H](O)CO)C(O)C(O)C2O)[C@@H](NC)[C@@]1(C)O. The van der Waals surface area contributed by atoms with Crippen LogP contribution in [-0.4, -0.2) is 120 Å². The minimum absolute atomic E-state index is 0.114. The molecule has 2 aliphatic heterocycles. The van der Waals surface area contributed by atoms with Gasteiger partial charge in [-0.25, -0.2) is 19.1 Å². The van der Waals surface area contributed by atoms with Gasteiger partial charge < -0.3 is 56.1 Å². The number of thioether (sulfide) groups is 1. The summed E-state index contributed by atoms with van der Waals surface area (Å²) in [7, 11) is -3.94. The molecular formula is C20H34N4O14P2S2. The Morgan fingerprint density at radius 2 is 1.95 bits per heavy atom. The minimum atomic E-state index is -5.46. The zero-order chi connectivity index (χ0) is 31.6. The Labute approximate surface area is 249 Å². The van der Waals surface area contributed by atoms with Gasteiger partial charge >= 0.3 is 14.6 Å². The van der Waals surface area contributed by atoms with Crippen molar-refractivity contribution in [2.75, 3.05) is 26.0 Å². The number of likely N-dealkylation sites (N-methyl/N-ethyl adjacent to an activating group) is 1. The van der Waals surface area contributed by atoms with Crippen molar-refractivity contribution in [3.63, 3.8) is 0 Å². The molecule has 2 aliphatic rings. The summed E-state index contributed by atoms with van der Waals surface area (Å²) < 4.78 is 50.9. The molecule has 0 radical (unpaired) electrons. The fraction of sp³-hybridized carbons (Fsp3) is 0.700. The van der Waals surface area contributed by atoms with Gasteiger partial charge in [-0.2, -0.15) is 4.31 Å². The number of aliphatic hydroxyl groups excluding tert-OH is 5. The van der Waals surface area contributed by atoms with Gasteiger partial charge in [0.25, 0.3) is 0 Å². The zero-order valence-corrected chi connectivity index (χ0v) is 25.7. The van der Waals surface area contributed by atoms with Crippen LogP contribution in [0.1, 0.15) is 18.7 Å². The maximum Gasteiger partial charge on any atom is 0.482 e. The lowest BCUT2D eigenvalue weighted by Gasteiger charge is -2.41. The third-order valence-corrected chi connectivity index (χ3v) is 10.9. The highest BCUT2D eigenvalue weighted by Crippen LogP contribution is 2.66. The number of nitrogens with one attached hydrogen (secondary N) is 1. The van der Waals surface area contributed by atoms with Crippen molar-refractivity contribution in [3.8, 4) is 0 Å². The quantitative estimate of drug-likeness (QED) is 0.0639. The summed E-state index contributed by atoms with van der Waals surface area (Å²) >= 11 is 4.79. The Morgan fingerprint density at radius 1 is 1.29 bits per heavy atom. The minimum Gasteiger partial charge on any atom is -0.394 e. The first-order valence-corrected chi connectivity index (χ1v) is 17.2. The molecule has 0 amide bonds. The maximum atomic E-state index is 12.9. The number of phosphoric ester groups is 1. The highest BCUT2D eigenvalue weighted by molar-refractivity contribution is 8.45. The molecule has 8 unspecified atom stereocenters. The van der Waals surface area contributed by atoms with Crippen molar-refractivity contribution in [2.45, 2.75) is 72.5 Å². The number of aromatic nitrogens is 2. The molecule has 3 rings (SSSR count). The molecule has 1 aromatic heterocycles. The van der Waals surface area contributed by atoms with Crippen LogP contribution in [0.2, 0.25) is 0 Å². The molecule has 22 heteroatoms. The third-order valence-electron chi connectivity index (χ3n) is 6.48. The van der Waals surface area contributed by atoms with E-state index in [0.717, 1.165) is 11.8 Å². The molecular weight excluding hydrogens is 646 g/mol. The second-order valence-electron chi connectivity index (χ2n) is 9.42. The van der Waals surface area contributed by atoms with Gasteiger partial charge in [0.2, 0.25) is 0 Å². The number of nitrogens with two attached hydrogens (primary N) is 1. The van der Waals surface area contributed by atoms with Crippen LogP contribution in [-0.2, 0) is 32.0 Å². The van der Waals surface area contributed by atoms with E-state index in [1.54, 1.807) is 0 Å². The lowest BCUT2D eigenvalue weighted by Crippen LogP contribution is -2.61. The first-order chi connectivity index (χ1) is 19.5. The van der Waals surface area contributed by atoms with Crippen molar-refractivity contribution in [1.82, 2.24) is 15.3 Å². The summed E-state index contributed by atoms with van der Waals surface area (Å²) in [4.78, 5) is 18.7. The van der Waals surface area contributed by atoms with E-state index in [1.165, 1.54) is 25.7 Å². The second kappa shape index (κ2) is 14.1. The molecule has 42 heavy (non-hydrogen) atoms. The summed E-state index contributed by atoms with van der Waals surface area (Å²) in [6.45, 7) is -1.21. The van der Waals surface area contributed by atoms with Gasteiger partial charge in [-0.05, 0) is 19.4 Å². The first kappa shape index (κ1) is 35.7. The number of nitrogens with zero attached hydrogens (tertiary/aromatic N) is 2. The van der Waals surface area contributed by atoms with E-state index in [2.05, 4.69) is 42.9 Å². The Bertz CT molecular complexity index is 1200. The third kappa shape index (κ3) is 7.91. The number of aliphatic hydroxyl groups is 6. The number of hydrogen-bond donors (Lipinski definition) is 10. The van der Waals surface area contributed by atoms with Crippen molar-refractivity contribution in [1.29, 1.82) is 0 Å². The van der Waals surface area contributed by atoms with Gasteiger partial charge in [0.05, 0.1) is 29.8 Å². The molecule has 2 fully saturated rings. The molecule has 0 bridgehead atoms. The largest absolute Gasteiger partial charge is 0.482 e. The molecule has 0 spiro atoms. The predicted octanol–water partition coefficient (Wildman–Crippen LogP) is -1.58. The van der Waals surface area contributed by atoms with Crippen LogP contribution in [0.4, 0.5) is 5.82 Å². The van der Waals surface area contributed by atoms with Crippen molar-refractivity contribution >= 4 is 44.4 Å². The summed E-state index contributed by atoms with van der Waals surface area (Å²) in [6.07, 6.45) is -12.8. The van der Waals surface area contributed by atoms with Crippen LogP contribution < -0.4 is 11.1 Å². The number of anilines is 1. The van der Waals surface area contributed by atoms with Gasteiger partial charge in [0, 0.05) is 0 Å². The smallest absolute Gasteiger partial charge is 0.394 e. The lowest BCUT2D eigenvalue weighted by molar-refractivity contribution is -0.292. The number of ether oxygens (including phenoxy) is 2. The van der Waals surface area contributed by atoms with Crippen LogP contribution in [0, 0.1) is 0 Å². The molecule has 18 nitrogen and oxygen atoms in total. The molecule has 12 atom stereocenters. The Morgan fingerprint density at radius 3 is 2.55 bits per heavy atom. The van der Waals surface area contributed by atoms with Gasteiger partial charge in [0.15, 0.2) is 6.29 Å². The van der Waals surface area contributed by atoms with E-state index in [0.29, 0.717) is 4.90 Å². The van der Waals surface area contributed by atoms with Crippen molar-refractivity contribution in [2.24, 2.45) is 0 Å². The molecule has 0 saturated carbocycles. The standard InChI is InChI=1S/C20H34N4O14P2S2/c1-4-42-15-10(23-7-24-18(15)21)17-20(2,30)16(22-3)9(35-17)6-34-40(33,41)38-39(31,32)37-19-13(29)11(27)12(28)14(36-19)8(26)5-25/h4,7-9,11-14,16-17,19,22,25-30H,1,5-6H2,2-3H3,(H,31,32)(H,33,41)(H2,21,23,24)/t8-,9+,11?,12?,13?,14?,16+,17?,19?,20+,40?/m0/s1. The average molecular weight is 681 g/mol. The molecule has 10 N–H and O–H groups in total. The number of rotatable bonds is 13. The fourth-order valence-electron chi connectivity index (χ4n) is 4.53. The average Bonchev–Trinajstić information content (AvgIpc) is 3.16. The second-order valence-corrected chi connectivity index (χ2v) is 14.9. The molecule has 2 saturated heterocycles. The number of hydrogen-bond acceptors (Lipinski definition) is 18. The van der Waals surface area contributed by atoms with E-state index < -0.39 is 88.5 Å². The van der Waals surface area contributed by atoms with Crippen LogP contribution in [0.5, 0.6) is 0 Å². The lowest BCUT2D eigenvalue weighted by atomic mass is 9.89. The Kier molecular flexibility index (Phi) is 12.0. The number of nitrogen functional groups attached to an aromatic ring is 1. The van der Waals surface area contributed by atoms with Crippen molar-refractivity contribution < 1.29 is 67.5 Å². The van der Waals surface area contributed by atoms with E-state index in [4.69, 9.17) is 24.8 Å². The summed E-state index contributed by atoms with van der Waals surface area (Å²) in [5.41, 5.74) is 4.55. The molecule has 1 aromatic rings. The molecule has 3 heterocycles. The van der Waals surface area contributed by atoms with Gasteiger partial charge in [-0.15, -0.1) is 0 Å². The monoisotopic (exact) mass is 680 g/mol. The van der Waals surface area contributed by atoms with E-state index in [-0.39, 0.29) is 11.5 Å². The maximum absolute atomic E-state index is 12.9. The molecule has 0 aliphatic carbocycles. The van der Waals surface area contributed by atoms with E-state index in [9.17, 15) is 39.6 Å². The zero-order valence-electron chi connectivity index (χ0n) is 22.2.